The van der Waals surface area contributed by atoms with E-state index in [0.717, 1.165) is 27.9 Å². The molecular formula is C22H20ClNO2. The highest BCUT2D eigenvalue weighted by atomic mass is 35.5. The number of benzene rings is 2. The van der Waals surface area contributed by atoms with Crippen LogP contribution in [0.5, 0.6) is 0 Å². The molecule has 2 aromatic carbocycles. The number of halogens is 1. The highest BCUT2D eigenvalue weighted by Crippen LogP contribution is 2.27. The van der Waals surface area contributed by atoms with Crippen molar-refractivity contribution in [3.05, 3.63) is 82.1 Å². The van der Waals surface area contributed by atoms with Crippen molar-refractivity contribution in [2.75, 3.05) is 5.32 Å². The molecule has 0 atom stereocenters. The van der Waals surface area contributed by atoms with Crippen LogP contribution < -0.4 is 5.32 Å². The molecule has 0 bridgehead atoms. The summed E-state index contributed by atoms with van der Waals surface area (Å²) in [7, 11) is 0. The molecule has 0 aliphatic heterocycles. The van der Waals surface area contributed by atoms with E-state index in [2.05, 4.69) is 5.32 Å². The van der Waals surface area contributed by atoms with E-state index in [1.807, 2.05) is 69.3 Å². The molecule has 0 saturated heterocycles. The Hall–Kier alpha value is -2.78. The normalized spacial score (nSPS) is 11.1. The average Bonchev–Trinajstić information content (AvgIpc) is 3.08. The van der Waals surface area contributed by atoms with Crippen LogP contribution in [-0.4, -0.2) is 5.91 Å². The number of aryl methyl sites for hydroxylation is 3. The third kappa shape index (κ3) is 4.24. The summed E-state index contributed by atoms with van der Waals surface area (Å²) in [6.07, 6.45) is 3.12. The Morgan fingerprint density at radius 2 is 1.77 bits per heavy atom. The summed E-state index contributed by atoms with van der Waals surface area (Å²) in [5, 5.41) is 3.59. The number of carbonyl (C=O) groups excluding carboxylic acids is 1. The third-order valence-electron chi connectivity index (χ3n) is 4.13. The molecule has 0 saturated carbocycles. The fourth-order valence-electron chi connectivity index (χ4n) is 2.55. The van der Waals surface area contributed by atoms with Gasteiger partial charge in [0.25, 0.3) is 0 Å². The Kier molecular flexibility index (Phi) is 5.29. The number of carbonyl (C=O) groups is 1. The third-order valence-corrected chi connectivity index (χ3v) is 4.54. The summed E-state index contributed by atoms with van der Waals surface area (Å²) in [4.78, 5) is 12.2. The van der Waals surface area contributed by atoms with Gasteiger partial charge in [-0.1, -0.05) is 35.9 Å². The summed E-state index contributed by atoms with van der Waals surface area (Å²) >= 11 is 6.17. The molecule has 1 amide bonds. The Labute approximate surface area is 158 Å². The lowest BCUT2D eigenvalue weighted by molar-refractivity contribution is -0.111. The number of hydrogen-bond donors (Lipinski definition) is 1. The first-order chi connectivity index (χ1) is 12.4. The maximum Gasteiger partial charge on any atom is 0.248 e. The van der Waals surface area contributed by atoms with E-state index in [1.165, 1.54) is 6.08 Å². The lowest BCUT2D eigenvalue weighted by Gasteiger charge is -2.07. The number of rotatable bonds is 4. The van der Waals surface area contributed by atoms with Gasteiger partial charge in [-0.05, 0) is 67.8 Å². The van der Waals surface area contributed by atoms with Crippen molar-refractivity contribution in [2.45, 2.75) is 20.8 Å². The van der Waals surface area contributed by atoms with Gasteiger partial charge in [0.15, 0.2) is 0 Å². The minimum atomic E-state index is -0.199. The second kappa shape index (κ2) is 7.63. The molecular weight excluding hydrogens is 346 g/mol. The second-order valence-electron chi connectivity index (χ2n) is 6.31. The summed E-state index contributed by atoms with van der Waals surface area (Å²) in [5.74, 6) is 1.12. The molecule has 4 heteroatoms. The van der Waals surface area contributed by atoms with Crippen LogP contribution in [0.3, 0.4) is 0 Å². The lowest BCUT2D eigenvalue weighted by Crippen LogP contribution is -2.09. The quantitative estimate of drug-likeness (QED) is 0.561. The van der Waals surface area contributed by atoms with Crippen molar-refractivity contribution in [2.24, 2.45) is 0 Å². The lowest BCUT2D eigenvalue weighted by atomic mass is 10.1. The van der Waals surface area contributed by atoms with Gasteiger partial charge in [-0.2, -0.15) is 0 Å². The van der Waals surface area contributed by atoms with Crippen molar-refractivity contribution in [1.82, 2.24) is 0 Å². The molecule has 26 heavy (non-hydrogen) atoms. The zero-order valence-corrected chi connectivity index (χ0v) is 15.7. The van der Waals surface area contributed by atoms with Gasteiger partial charge in [0.2, 0.25) is 5.91 Å². The van der Waals surface area contributed by atoms with Crippen LogP contribution in [0.15, 0.2) is 59.0 Å². The van der Waals surface area contributed by atoms with Crippen LogP contribution in [0.25, 0.3) is 17.4 Å². The maximum absolute atomic E-state index is 12.2. The van der Waals surface area contributed by atoms with Gasteiger partial charge < -0.3 is 9.73 Å². The summed E-state index contributed by atoms with van der Waals surface area (Å²) in [6, 6.07) is 15.4. The van der Waals surface area contributed by atoms with E-state index in [-0.39, 0.29) is 5.91 Å². The molecule has 132 valence electrons. The van der Waals surface area contributed by atoms with E-state index in [4.69, 9.17) is 16.0 Å². The zero-order valence-electron chi connectivity index (χ0n) is 15.0. The number of amides is 1. The van der Waals surface area contributed by atoms with E-state index in [9.17, 15) is 4.79 Å². The SMILES string of the molecule is Cc1ccc(C)c(NC(=O)C=Cc2ccc(-c3ccc(C)c(Cl)c3)o2)c1. The molecule has 0 spiro atoms. The fraction of sp³-hybridized carbons (Fsp3) is 0.136. The second-order valence-corrected chi connectivity index (χ2v) is 6.71. The van der Waals surface area contributed by atoms with Crippen LogP contribution in [-0.2, 0) is 4.79 Å². The van der Waals surface area contributed by atoms with Crippen LogP contribution in [0.2, 0.25) is 5.02 Å². The Morgan fingerprint density at radius 1 is 1.00 bits per heavy atom. The molecule has 3 aromatic rings. The van der Waals surface area contributed by atoms with Crippen molar-refractivity contribution >= 4 is 29.3 Å². The molecule has 3 nitrogen and oxygen atoms in total. The smallest absolute Gasteiger partial charge is 0.248 e. The van der Waals surface area contributed by atoms with Gasteiger partial charge in [0.05, 0.1) is 0 Å². The first-order valence-electron chi connectivity index (χ1n) is 8.35. The number of hydrogen-bond acceptors (Lipinski definition) is 2. The Morgan fingerprint density at radius 3 is 2.54 bits per heavy atom. The van der Waals surface area contributed by atoms with E-state index in [1.54, 1.807) is 6.08 Å². The first-order valence-corrected chi connectivity index (χ1v) is 8.73. The van der Waals surface area contributed by atoms with Gasteiger partial charge in [-0.3, -0.25) is 4.79 Å². The molecule has 0 aliphatic rings. The van der Waals surface area contributed by atoms with E-state index in [0.29, 0.717) is 16.5 Å². The van der Waals surface area contributed by atoms with Crippen LogP contribution >= 0.6 is 11.6 Å². The molecule has 1 N–H and O–H groups in total. The fourth-order valence-corrected chi connectivity index (χ4v) is 2.73. The number of nitrogens with one attached hydrogen (secondary N) is 1. The van der Waals surface area contributed by atoms with Gasteiger partial charge in [0.1, 0.15) is 11.5 Å². The molecule has 1 heterocycles. The predicted octanol–water partition coefficient (Wildman–Crippen LogP) is 6.18. The largest absolute Gasteiger partial charge is 0.457 e. The van der Waals surface area contributed by atoms with Gasteiger partial charge in [-0.15, -0.1) is 0 Å². The molecule has 1 aromatic heterocycles. The van der Waals surface area contributed by atoms with Crippen molar-refractivity contribution < 1.29 is 9.21 Å². The van der Waals surface area contributed by atoms with Crippen LogP contribution in [0.4, 0.5) is 5.69 Å². The number of anilines is 1. The van der Waals surface area contributed by atoms with Gasteiger partial charge >= 0.3 is 0 Å². The van der Waals surface area contributed by atoms with Crippen LogP contribution in [0.1, 0.15) is 22.5 Å². The topological polar surface area (TPSA) is 42.2 Å². The minimum Gasteiger partial charge on any atom is -0.457 e. The molecule has 0 aliphatic carbocycles. The van der Waals surface area contributed by atoms with E-state index < -0.39 is 0 Å². The highest BCUT2D eigenvalue weighted by molar-refractivity contribution is 6.31. The summed E-state index contributed by atoms with van der Waals surface area (Å²) in [5.41, 5.74) is 4.86. The predicted molar refractivity (Wildman–Crippen MR) is 107 cm³/mol. The highest BCUT2D eigenvalue weighted by Gasteiger charge is 2.06. The Balaban J connectivity index is 1.71. The summed E-state index contributed by atoms with van der Waals surface area (Å²) in [6.45, 7) is 5.91. The summed E-state index contributed by atoms with van der Waals surface area (Å²) < 4.78 is 5.78. The van der Waals surface area contributed by atoms with Gasteiger partial charge in [0, 0.05) is 22.3 Å². The molecule has 0 radical (unpaired) electrons. The van der Waals surface area contributed by atoms with Crippen molar-refractivity contribution in [3.8, 4) is 11.3 Å². The van der Waals surface area contributed by atoms with Crippen molar-refractivity contribution in [1.29, 1.82) is 0 Å². The average molecular weight is 366 g/mol. The van der Waals surface area contributed by atoms with Crippen molar-refractivity contribution in [3.63, 3.8) is 0 Å². The van der Waals surface area contributed by atoms with Gasteiger partial charge in [-0.25, -0.2) is 0 Å². The Bertz CT molecular complexity index is 986. The number of furan rings is 1. The van der Waals surface area contributed by atoms with Crippen LogP contribution in [0, 0.1) is 20.8 Å². The molecule has 3 rings (SSSR count). The molecule has 0 unspecified atom stereocenters. The minimum absolute atomic E-state index is 0.199. The first kappa shape index (κ1) is 18.0. The van der Waals surface area contributed by atoms with E-state index >= 15 is 0 Å². The zero-order chi connectivity index (χ0) is 18.7. The maximum atomic E-state index is 12.2. The molecule has 0 fully saturated rings. The standard InChI is InChI=1S/C22H20ClNO2/c1-14-4-5-16(3)20(12-14)24-22(25)11-9-18-8-10-21(26-18)17-7-6-15(2)19(23)13-17/h4-13H,1-3H3,(H,24,25). The monoisotopic (exact) mass is 365 g/mol.